The molecule has 1 aliphatic rings. The maximum atomic E-state index is 12.5. The average Bonchev–Trinajstić information content (AvgIpc) is 3.01. The van der Waals surface area contributed by atoms with E-state index in [4.69, 9.17) is 21.1 Å². The van der Waals surface area contributed by atoms with E-state index in [1.807, 2.05) is 25.1 Å². The number of hydrogen-bond acceptors (Lipinski definition) is 6. The topological polar surface area (TPSA) is 72.9 Å². The molecule has 2 aromatic rings. The third kappa shape index (κ3) is 6.12. The summed E-state index contributed by atoms with van der Waals surface area (Å²) in [6, 6.07) is 14.6. The minimum absolute atomic E-state index is 0.256. The highest BCUT2D eigenvalue weighted by Gasteiger charge is 2.36. The number of nitrogens with zero attached hydrogens (tertiary/aromatic N) is 1. The molecule has 31 heavy (non-hydrogen) atoms. The normalized spacial score (nSPS) is 16.0. The van der Waals surface area contributed by atoms with Crippen molar-refractivity contribution in [1.82, 2.24) is 4.90 Å². The second-order valence-electron chi connectivity index (χ2n) is 6.93. The van der Waals surface area contributed by atoms with Crippen LogP contribution in [-0.2, 0) is 20.9 Å². The van der Waals surface area contributed by atoms with Gasteiger partial charge in [-0.1, -0.05) is 48.9 Å². The number of thioether (sulfide) groups is 1. The van der Waals surface area contributed by atoms with Crippen LogP contribution in [0.1, 0.15) is 31.4 Å². The van der Waals surface area contributed by atoms with Gasteiger partial charge in [0.2, 0.25) is 0 Å². The van der Waals surface area contributed by atoms with Gasteiger partial charge in [-0.2, -0.15) is 0 Å². The molecule has 2 amide bonds. The van der Waals surface area contributed by atoms with Crippen molar-refractivity contribution in [2.45, 2.75) is 33.0 Å². The SMILES string of the molecule is CC[C@@H](C)OC(=O)CN1C(=O)S/C(=C/c2ccc(OCc3ccccc3Cl)cc2)C1=O. The summed E-state index contributed by atoms with van der Waals surface area (Å²) in [5, 5.41) is 0.153. The molecule has 1 saturated heterocycles. The number of rotatable bonds is 8. The van der Waals surface area contributed by atoms with Gasteiger partial charge in [0.1, 0.15) is 18.9 Å². The van der Waals surface area contributed by atoms with E-state index in [2.05, 4.69) is 0 Å². The van der Waals surface area contributed by atoms with Crippen molar-refractivity contribution in [2.24, 2.45) is 0 Å². The number of carbonyl (C=O) groups excluding carboxylic acids is 3. The van der Waals surface area contributed by atoms with Gasteiger partial charge >= 0.3 is 5.97 Å². The third-order valence-electron chi connectivity index (χ3n) is 4.60. The molecule has 1 fully saturated rings. The summed E-state index contributed by atoms with van der Waals surface area (Å²) in [4.78, 5) is 37.8. The smallest absolute Gasteiger partial charge is 0.326 e. The van der Waals surface area contributed by atoms with Gasteiger partial charge in [0, 0.05) is 10.6 Å². The lowest BCUT2D eigenvalue weighted by Gasteiger charge is -2.14. The Morgan fingerprint density at radius 1 is 1.16 bits per heavy atom. The molecule has 0 saturated carbocycles. The van der Waals surface area contributed by atoms with Crippen LogP contribution >= 0.6 is 23.4 Å². The molecule has 1 heterocycles. The third-order valence-corrected chi connectivity index (χ3v) is 5.87. The Kier molecular flexibility index (Phi) is 7.76. The van der Waals surface area contributed by atoms with Gasteiger partial charge in [-0.15, -0.1) is 0 Å². The molecular weight excluding hydrogens is 438 g/mol. The minimum Gasteiger partial charge on any atom is -0.489 e. The Morgan fingerprint density at radius 3 is 2.55 bits per heavy atom. The zero-order chi connectivity index (χ0) is 22.4. The lowest BCUT2D eigenvalue weighted by molar-refractivity contribution is -0.150. The molecule has 0 radical (unpaired) electrons. The first-order chi connectivity index (χ1) is 14.9. The first-order valence-electron chi connectivity index (χ1n) is 9.78. The van der Waals surface area contributed by atoms with Gasteiger partial charge in [0.15, 0.2) is 0 Å². The average molecular weight is 460 g/mol. The minimum atomic E-state index is -0.599. The molecule has 0 aliphatic carbocycles. The number of benzene rings is 2. The molecule has 0 aromatic heterocycles. The van der Waals surface area contributed by atoms with Crippen LogP contribution in [0.25, 0.3) is 6.08 Å². The zero-order valence-corrected chi connectivity index (χ0v) is 18.7. The summed E-state index contributed by atoms with van der Waals surface area (Å²) in [5.41, 5.74) is 1.62. The molecular formula is C23H22ClNO5S. The molecule has 1 atom stereocenters. The molecule has 8 heteroatoms. The van der Waals surface area contributed by atoms with E-state index >= 15 is 0 Å². The standard InChI is InChI=1S/C23H22ClNO5S/c1-3-15(2)30-21(26)13-25-22(27)20(31-23(25)28)12-16-8-10-18(11-9-16)29-14-17-6-4-5-7-19(17)24/h4-12,15H,3,13-14H2,1-2H3/b20-12+/t15-/m1/s1. The number of carbonyl (C=O) groups is 3. The molecule has 3 rings (SSSR count). The number of hydrogen-bond donors (Lipinski definition) is 0. The first kappa shape index (κ1) is 22.9. The lowest BCUT2D eigenvalue weighted by atomic mass is 10.2. The van der Waals surface area contributed by atoms with E-state index in [0.717, 1.165) is 27.8 Å². The Morgan fingerprint density at radius 2 is 1.87 bits per heavy atom. The molecule has 6 nitrogen and oxygen atoms in total. The molecule has 0 spiro atoms. The highest BCUT2D eigenvalue weighted by molar-refractivity contribution is 8.18. The number of amides is 2. The summed E-state index contributed by atoms with van der Waals surface area (Å²) >= 11 is 6.93. The van der Waals surface area contributed by atoms with Crippen molar-refractivity contribution in [3.05, 3.63) is 69.6 Å². The maximum Gasteiger partial charge on any atom is 0.326 e. The van der Waals surface area contributed by atoms with E-state index in [1.54, 1.807) is 43.3 Å². The molecule has 0 N–H and O–H groups in total. The number of halogens is 1. The lowest BCUT2D eigenvalue weighted by Crippen LogP contribution is -2.35. The number of ether oxygens (including phenoxy) is 2. The van der Waals surface area contributed by atoms with Gasteiger partial charge in [-0.3, -0.25) is 19.3 Å². The largest absolute Gasteiger partial charge is 0.489 e. The molecule has 0 bridgehead atoms. The predicted octanol–water partition coefficient (Wildman–Crippen LogP) is 5.30. The van der Waals surface area contributed by atoms with Crippen molar-refractivity contribution in [2.75, 3.05) is 6.54 Å². The quantitative estimate of drug-likeness (QED) is 0.394. The fourth-order valence-corrected chi connectivity index (χ4v) is 3.73. The Bertz CT molecular complexity index is 1010. The van der Waals surface area contributed by atoms with Crippen molar-refractivity contribution < 1.29 is 23.9 Å². The molecule has 2 aromatic carbocycles. The second-order valence-corrected chi connectivity index (χ2v) is 8.33. The van der Waals surface area contributed by atoms with Gasteiger partial charge < -0.3 is 9.47 Å². The van der Waals surface area contributed by atoms with Gasteiger partial charge in [0.05, 0.1) is 11.0 Å². The fourth-order valence-electron chi connectivity index (χ4n) is 2.70. The predicted molar refractivity (Wildman–Crippen MR) is 121 cm³/mol. The van der Waals surface area contributed by atoms with Crippen LogP contribution in [0.15, 0.2) is 53.4 Å². The summed E-state index contributed by atoms with van der Waals surface area (Å²) in [7, 11) is 0. The number of imide groups is 1. The summed E-state index contributed by atoms with van der Waals surface area (Å²) < 4.78 is 10.9. The zero-order valence-electron chi connectivity index (χ0n) is 17.2. The monoisotopic (exact) mass is 459 g/mol. The van der Waals surface area contributed by atoms with E-state index in [1.165, 1.54) is 0 Å². The van der Waals surface area contributed by atoms with Crippen LogP contribution in [-0.4, -0.2) is 34.7 Å². The van der Waals surface area contributed by atoms with Crippen LogP contribution < -0.4 is 4.74 Å². The van der Waals surface area contributed by atoms with E-state index in [0.29, 0.717) is 23.8 Å². The van der Waals surface area contributed by atoms with Crippen LogP contribution in [0, 0.1) is 0 Å². The Hall–Kier alpha value is -2.77. The molecule has 0 unspecified atom stereocenters. The maximum absolute atomic E-state index is 12.5. The van der Waals surface area contributed by atoms with Gasteiger partial charge in [0.25, 0.3) is 11.1 Å². The van der Waals surface area contributed by atoms with E-state index < -0.39 is 17.1 Å². The summed E-state index contributed by atoms with van der Waals surface area (Å²) in [5.74, 6) is -0.453. The van der Waals surface area contributed by atoms with Crippen molar-refractivity contribution in [3.8, 4) is 5.75 Å². The van der Waals surface area contributed by atoms with Crippen molar-refractivity contribution in [3.63, 3.8) is 0 Å². The van der Waals surface area contributed by atoms with Crippen LogP contribution in [0.4, 0.5) is 4.79 Å². The van der Waals surface area contributed by atoms with Crippen LogP contribution in [0.5, 0.6) is 5.75 Å². The molecule has 162 valence electrons. The van der Waals surface area contributed by atoms with Crippen molar-refractivity contribution in [1.29, 1.82) is 0 Å². The van der Waals surface area contributed by atoms with Crippen LogP contribution in [0.2, 0.25) is 5.02 Å². The highest BCUT2D eigenvalue weighted by atomic mass is 35.5. The second kappa shape index (κ2) is 10.5. The van der Waals surface area contributed by atoms with Gasteiger partial charge in [-0.05, 0) is 54.9 Å². The van der Waals surface area contributed by atoms with Gasteiger partial charge in [-0.25, -0.2) is 0 Å². The Labute approximate surface area is 190 Å². The Balaban J connectivity index is 1.61. The molecule has 1 aliphatic heterocycles. The van der Waals surface area contributed by atoms with Crippen molar-refractivity contribution >= 4 is 46.6 Å². The first-order valence-corrected chi connectivity index (χ1v) is 11.0. The van der Waals surface area contributed by atoms with E-state index in [9.17, 15) is 14.4 Å². The van der Waals surface area contributed by atoms with E-state index in [-0.39, 0.29) is 17.6 Å². The van der Waals surface area contributed by atoms with Crippen LogP contribution in [0.3, 0.4) is 0 Å². The summed E-state index contributed by atoms with van der Waals surface area (Å²) in [6.45, 7) is 3.59. The highest BCUT2D eigenvalue weighted by Crippen LogP contribution is 2.32. The number of esters is 1. The summed E-state index contributed by atoms with van der Waals surface area (Å²) in [6.07, 6.45) is 2.01. The fraction of sp³-hybridized carbons (Fsp3) is 0.261.